The number of hydrogen-bond donors (Lipinski definition) is 1. The number of aromatic nitrogens is 3. The Morgan fingerprint density at radius 2 is 2.00 bits per heavy atom. The second-order valence-corrected chi connectivity index (χ2v) is 6.94. The van der Waals surface area contributed by atoms with Crippen LogP contribution in [0, 0.1) is 5.82 Å². The van der Waals surface area contributed by atoms with Crippen molar-refractivity contribution in [2.75, 3.05) is 0 Å². The molecule has 2 aromatic heterocycles. The van der Waals surface area contributed by atoms with Gasteiger partial charge in [0, 0.05) is 41.8 Å². The van der Waals surface area contributed by atoms with E-state index in [2.05, 4.69) is 15.3 Å². The molecule has 1 aliphatic rings. The fourth-order valence-electron chi connectivity index (χ4n) is 3.55. The highest BCUT2D eigenvalue weighted by Crippen LogP contribution is 2.29. The molecule has 0 fully saturated rings. The van der Waals surface area contributed by atoms with E-state index in [0.29, 0.717) is 17.8 Å². The number of carbonyl (C=O) groups is 1. The summed E-state index contributed by atoms with van der Waals surface area (Å²) in [6, 6.07) is 10.2. The van der Waals surface area contributed by atoms with Crippen molar-refractivity contribution in [1.29, 1.82) is 0 Å². The molecule has 0 saturated carbocycles. The first-order valence-electron chi connectivity index (χ1n) is 9.49. The lowest BCUT2D eigenvalue weighted by Crippen LogP contribution is -2.31. The molecule has 1 amide bonds. The number of nitrogens with zero attached hydrogens (tertiary/aromatic N) is 3. The number of halogens is 1. The van der Waals surface area contributed by atoms with Crippen molar-refractivity contribution in [3.8, 4) is 11.4 Å². The smallest absolute Gasteiger partial charge is 0.220 e. The highest BCUT2D eigenvalue weighted by Gasteiger charge is 2.24. The molecule has 0 aliphatic heterocycles. The van der Waals surface area contributed by atoms with Crippen molar-refractivity contribution in [2.45, 2.75) is 38.1 Å². The van der Waals surface area contributed by atoms with Crippen LogP contribution >= 0.6 is 0 Å². The first kappa shape index (κ1) is 18.2. The summed E-state index contributed by atoms with van der Waals surface area (Å²) >= 11 is 0. The van der Waals surface area contributed by atoms with E-state index in [0.717, 1.165) is 36.1 Å². The summed E-state index contributed by atoms with van der Waals surface area (Å²) in [6.45, 7) is 0. The summed E-state index contributed by atoms with van der Waals surface area (Å²) in [5.41, 5.74) is 3.44. The zero-order valence-corrected chi connectivity index (χ0v) is 15.4. The van der Waals surface area contributed by atoms with Gasteiger partial charge in [0.15, 0.2) is 5.82 Å². The number of amides is 1. The number of hydrogen-bond acceptors (Lipinski definition) is 4. The van der Waals surface area contributed by atoms with Gasteiger partial charge in [0.05, 0.1) is 6.04 Å². The molecule has 0 radical (unpaired) electrons. The average Bonchev–Trinajstić information content (AvgIpc) is 2.74. The number of nitrogens with one attached hydrogen (secondary N) is 1. The van der Waals surface area contributed by atoms with Crippen LogP contribution in [0.25, 0.3) is 11.4 Å². The van der Waals surface area contributed by atoms with E-state index in [4.69, 9.17) is 4.98 Å². The number of benzene rings is 1. The highest BCUT2D eigenvalue weighted by atomic mass is 19.1. The third-order valence-electron chi connectivity index (χ3n) is 5.03. The highest BCUT2D eigenvalue weighted by molar-refractivity contribution is 5.76. The van der Waals surface area contributed by atoms with Gasteiger partial charge in [-0.25, -0.2) is 14.4 Å². The van der Waals surface area contributed by atoms with Crippen LogP contribution in [0.3, 0.4) is 0 Å². The van der Waals surface area contributed by atoms with Crippen LogP contribution in [0.4, 0.5) is 4.39 Å². The van der Waals surface area contributed by atoms with Crippen molar-refractivity contribution < 1.29 is 9.18 Å². The van der Waals surface area contributed by atoms with Gasteiger partial charge in [-0.1, -0.05) is 18.2 Å². The van der Waals surface area contributed by atoms with Gasteiger partial charge in [0.25, 0.3) is 0 Å². The third-order valence-corrected chi connectivity index (χ3v) is 5.03. The number of carbonyl (C=O) groups excluding carboxylic acids is 1. The number of aryl methyl sites for hydroxylation is 2. The van der Waals surface area contributed by atoms with Crippen molar-refractivity contribution in [3.05, 3.63) is 77.6 Å². The van der Waals surface area contributed by atoms with Gasteiger partial charge in [0.1, 0.15) is 5.82 Å². The van der Waals surface area contributed by atoms with E-state index in [9.17, 15) is 9.18 Å². The Morgan fingerprint density at radius 1 is 1.18 bits per heavy atom. The normalized spacial score (nSPS) is 15.7. The Bertz CT molecular complexity index is 977. The summed E-state index contributed by atoms with van der Waals surface area (Å²) in [6.07, 6.45) is 8.58. The lowest BCUT2D eigenvalue weighted by atomic mass is 9.92. The van der Waals surface area contributed by atoms with E-state index in [1.165, 1.54) is 6.07 Å². The fourth-order valence-corrected chi connectivity index (χ4v) is 3.55. The Hall–Kier alpha value is -3.15. The van der Waals surface area contributed by atoms with Gasteiger partial charge < -0.3 is 5.32 Å². The monoisotopic (exact) mass is 376 g/mol. The number of fused-ring (bicyclic) bond motifs is 1. The molecule has 2 heterocycles. The summed E-state index contributed by atoms with van der Waals surface area (Å²) in [4.78, 5) is 25.6. The quantitative estimate of drug-likeness (QED) is 0.735. The minimum absolute atomic E-state index is 0.0840. The van der Waals surface area contributed by atoms with E-state index in [1.54, 1.807) is 30.6 Å². The molecule has 6 heteroatoms. The maximum absolute atomic E-state index is 13.7. The second kappa shape index (κ2) is 8.25. The molecule has 1 aliphatic carbocycles. The molecule has 0 saturated heterocycles. The summed E-state index contributed by atoms with van der Waals surface area (Å²) in [5.74, 6) is 0.322. The maximum atomic E-state index is 13.7. The first-order valence-corrected chi connectivity index (χ1v) is 9.49. The SMILES string of the molecule is O=C(CCc1ccccc1F)NC1CCCc2nc(-c3ccncc3)ncc21. The van der Waals surface area contributed by atoms with Crippen LogP contribution in [0.2, 0.25) is 0 Å². The van der Waals surface area contributed by atoms with Crippen LogP contribution in [0.1, 0.15) is 42.1 Å². The van der Waals surface area contributed by atoms with Crippen molar-refractivity contribution in [1.82, 2.24) is 20.3 Å². The molecule has 1 atom stereocenters. The molecule has 142 valence electrons. The topological polar surface area (TPSA) is 67.8 Å². The Labute approximate surface area is 163 Å². The predicted octanol–water partition coefficient (Wildman–Crippen LogP) is 3.80. The van der Waals surface area contributed by atoms with Gasteiger partial charge in [-0.3, -0.25) is 9.78 Å². The van der Waals surface area contributed by atoms with Crippen LogP contribution in [0.5, 0.6) is 0 Å². The zero-order chi connectivity index (χ0) is 19.3. The van der Waals surface area contributed by atoms with Crippen molar-refractivity contribution in [3.63, 3.8) is 0 Å². The molecule has 0 spiro atoms. The van der Waals surface area contributed by atoms with Crippen molar-refractivity contribution >= 4 is 5.91 Å². The standard InChI is InChI=1S/C22H21FN4O/c23-18-5-2-1-4-15(18)8-9-21(28)26-19-6-3-7-20-17(19)14-25-22(27-20)16-10-12-24-13-11-16/h1-2,4-5,10-14,19H,3,6-9H2,(H,26,28). The third kappa shape index (κ3) is 4.06. The van der Waals surface area contributed by atoms with E-state index < -0.39 is 0 Å². The summed E-state index contributed by atoms with van der Waals surface area (Å²) in [7, 11) is 0. The Kier molecular flexibility index (Phi) is 5.37. The molecular formula is C22H21FN4O. The number of rotatable bonds is 5. The Balaban J connectivity index is 1.44. The first-order chi connectivity index (χ1) is 13.7. The van der Waals surface area contributed by atoms with E-state index in [1.807, 2.05) is 18.3 Å². The van der Waals surface area contributed by atoms with E-state index >= 15 is 0 Å². The molecule has 28 heavy (non-hydrogen) atoms. The van der Waals surface area contributed by atoms with Crippen LogP contribution in [0.15, 0.2) is 55.0 Å². The zero-order valence-electron chi connectivity index (χ0n) is 15.4. The van der Waals surface area contributed by atoms with Gasteiger partial charge in [-0.15, -0.1) is 0 Å². The molecular weight excluding hydrogens is 355 g/mol. The van der Waals surface area contributed by atoms with Gasteiger partial charge in [-0.2, -0.15) is 0 Å². The molecule has 3 aromatic rings. The fraction of sp³-hybridized carbons (Fsp3) is 0.273. The molecule has 4 rings (SSSR count). The lowest BCUT2D eigenvalue weighted by Gasteiger charge is -2.25. The van der Waals surface area contributed by atoms with E-state index in [-0.39, 0.29) is 24.2 Å². The summed E-state index contributed by atoms with van der Waals surface area (Å²) < 4.78 is 13.7. The van der Waals surface area contributed by atoms with Crippen LogP contribution in [-0.2, 0) is 17.6 Å². The second-order valence-electron chi connectivity index (χ2n) is 6.94. The van der Waals surface area contributed by atoms with Crippen molar-refractivity contribution in [2.24, 2.45) is 0 Å². The number of pyridine rings is 1. The molecule has 1 aromatic carbocycles. The minimum atomic E-state index is -0.268. The van der Waals surface area contributed by atoms with Crippen LogP contribution < -0.4 is 5.32 Å². The molecule has 5 nitrogen and oxygen atoms in total. The molecule has 0 bridgehead atoms. The van der Waals surface area contributed by atoms with Gasteiger partial charge in [-0.05, 0) is 49.4 Å². The van der Waals surface area contributed by atoms with Gasteiger partial charge in [0.2, 0.25) is 5.91 Å². The summed E-state index contributed by atoms with van der Waals surface area (Å²) in [5, 5.41) is 3.07. The molecule has 1 unspecified atom stereocenters. The molecule has 1 N–H and O–H groups in total. The lowest BCUT2D eigenvalue weighted by molar-refractivity contribution is -0.121. The van der Waals surface area contributed by atoms with Crippen LogP contribution in [-0.4, -0.2) is 20.9 Å². The van der Waals surface area contributed by atoms with Gasteiger partial charge >= 0.3 is 0 Å². The predicted molar refractivity (Wildman–Crippen MR) is 104 cm³/mol. The average molecular weight is 376 g/mol. The minimum Gasteiger partial charge on any atom is -0.349 e. The largest absolute Gasteiger partial charge is 0.349 e. The Morgan fingerprint density at radius 3 is 2.82 bits per heavy atom. The maximum Gasteiger partial charge on any atom is 0.220 e.